The van der Waals surface area contributed by atoms with Crippen molar-refractivity contribution in [2.75, 3.05) is 13.1 Å². The molecule has 0 aromatic rings. The average Bonchev–Trinajstić information content (AvgIpc) is 2.13. The summed E-state index contributed by atoms with van der Waals surface area (Å²) in [5, 5.41) is 3.44. The third-order valence-electron chi connectivity index (χ3n) is 2.80. The van der Waals surface area contributed by atoms with Crippen LogP contribution in [0.5, 0.6) is 0 Å². The van der Waals surface area contributed by atoms with Crippen molar-refractivity contribution in [3.05, 3.63) is 0 Å². The van der Waals surface area contributed by atoms with Gasteiger partial charge in [0.05, 0.1) is 0 Å². The van der Waals surface area contributed by atoms with Crippen LogP contribution < -0.4 is 5.32 Å². The Morgan fingerprint density at radius 3 is 2.70 bits per heavy atom. The van der Waals surface area contributed by atoms with Crippen LogP contribution in [0.25, 0.3) is 0 Å². The summed E-state index contributed by atoms with van der Waals surface area (Å²) in [4.78, 5) is 0. The van der Waals surface area contributed by atoms with E-state index in [1.807, 2.05) is 0 Å². The molecule has 1 aliphatic heterocycles. The molecule has 0 aromatic heterocycles. The summed E-state index contributed by atoms with van der Waals surface area (Å²) in [6, 6.07) is 0. The lowest BCUT2D eigenvalue weighted by molar-refractivity contribution is 0.338. The van der Waals surface area contributed by atoms with E-state index < -0.39 is 0 Å². The molecule has 0 saturated carbocycles. The molecule has 2 unspecified atom stereocenters. The van der Waals surface area contributed by atoms with Crippen LogP contribution in [0.4, 0.5) is 0 Å². The first kappa shape index (κ1) is 8.06. The molecule has 2 atom stereocenters. The van der Waals surface area contributed by atoms with Crippen LogP contribution in [0, 0.1) is 11.8 Å². The van der Waals surface area contributed by atoms with E-state index in [1.54, 1.807) is 0 Å². The summed E-state index contributed by atoms with van der Waals surface area (Å²) in [7, 11) is 0. The molecule has 0 amide bonds. The monoisotopic (exact) mass is 141 g/mol. The third-order valence-corrected chi connectivity index (χ3v) is 2.80. The van der Waals surface area contributed by atoms with Crippen LogP contribution in [0.2, 0.25) is 0 Å². The highest BCUT2D eigenvalue weighted by Gasteiger charge is 2.16. The first-order valence-electron chi connectivity index (χ1n) is 4.55. The molecule has 0 aliphatic carbocycles. The van der Waals surface area contributed by atoms with Crippen molar-refractivity contribution in [3.63, 3.8) is 0 Å². The van der Waals surface area contributed by atoms with Crippen molar-refractivity contribution < 1.29 is 0 Å². The van der Waals surface area contributed by atoms with Gasteiger partial charge in [-0.15, -0.1) is 0 Å². The maximum atomic E-state index is 3.44. The van der Waals surface area contributed by atoms with Gasteiger partial charge in [0.15, 0.2) is 0 Å². The molecule has 10 heavy (non-hydrogen) atoms. The van der Waals surface area contributed by atoms with E-state index in [1.165, 1.54) is 32.4 Å². The van der Waals surface area contributed by atoms with Gasteiger partial charge >= 0.3 is 0 Å². The summed E-state index contributed by atoms with van der Waals surface area (Å²) in [5.41, 5.74) is 0. The van der Waals surface area contributed by atoms with Gasteiger partial charge in [0.2, 0.25) is 0 Å². The van der Waals surface area contributed by atoms with Gasteiger partial charge in [-0.25, -0.2) is 0 Å². The predicted molar refractivity (Wildman–Crippen MR) is 45.0 cm³/mol. The Labute approximate surface area is 64.2 Å². The molecule has 1 nitrogen and oxygen atoms in total. The quantitative estimate of drug-likeness (QED) is 0.589. The second kappa shape index (κ2) is 3.97. The second-order valence-electron chi connectivity index (χ2n) is 3.47. The summed E-state index contributed by atoms with van der Waals surface area (Å²) >= 11 is 0. The molecule has 1 aliphatic rings. The topological polar surface area (TPSA) is 12.0 Å². The molecule has 0 aromatic carbocycles. The zero-order valence-electron chi connectivity index (χ0n) is 7.19. The van der Waals surface area contributed by atoms with Gasteiger partial charge in [0.25, 0.3) is 0 Å². The lowest BCUT2D eigenvalue weighted by Crippen LogP contribution is -2.13. The molecule has 1 saturated heterocycles. The summed E-state index contributed by atoms with van der Waals surface area (Å²) in [6.45, 7) is 7.17. The Bertz CT molecular complexity index is 90.7. The largest absolute Gasteiger partial charge is 0.317 e. The number of nitrogens with one attached hydrogen (secondary N) is 1. The fourth-order valence-corrected chi connectivity index (χ4v) is 1.87. The highest BCUT2D eigenvalue weighted by atomic mass is 14.9. The van der Waals surface area contributed by atoms with Gasteiger partial charge in [-0.3, -0.25) is 0 Å². The van der Waals surface area contributed by atoms with Crippen LogP contribution in [-0.2, 0) is 0 Å². The summed E-state index contributed by atoms with van der Waals surface area (Å²) in [5.74, 6) is 1.93. The molecule has 0 radical (unpaired) electrons. The molecule has 0 bridgehead atoms. The van der Waals surface area contributed by atoms with Crippen LogP contribution in [0.3, 0.4) is 0 Å². The Morgan fingerprint density at radius 2 is 2.00 bits per heavy atom. The van der Waals surface area contributed by atoms with Crippen LogP contribution in [0.15, 0.2) is 0 Å². The van der Waals surface area contributed by atoms with E-state index in [2.05, 4.69) is 19.2 Å². The maximum Gasteiger partial charge on any atom is -0.00462 e. The van der Waals surface area contributed by atoms with Gasteiger partial charge in [-0.1, -0.05) is 20.3 Å². The van der Waals surface area contributed by atoms with Crippen molar-refractivity contribution in [1.82, 2.24) is 5.32 Å². The fraction of sp³-hybridized carbons (Fsp3) is 1.00. The van der Waals surface area contributed by atoms with E-state index >= 15 is 0 Å². The number of hydrogen-bond donors (Lipinski definition) is 1. The molecule has 1 rings (SSSR count). The number of hydrogen-bond acceptors (Lipinski definition) is 1. The van der Waals surface area contributed by atoms with Crippen molar-refractivity contribution in [3.8, 4) is 0 Å². The normalized spacial score (nSPS) is 35.4. The lowest BCUT2D eigenvalue weighted by atomic mass is 9.88. The van der Waals surface area contributed by atoms with Crippen molar-refractivity contribution >= 4 is 0 Å². The van der Waals surface area contributed by atoms with Gasteiger partial charge in [-0.05, 0) is 37.8 Å². The van der Waals surface area contributed by atoms with Crippen molar-refractivity contribution in [2.24, 2.45) is 11.8 Å². The zero-order valence-corrected chi connectivity index (χ0v) is 7.19. The van der Waals surface area contributed by atoms with Crippen LogP contribution in [0.1, 0.15) is 33.1 Å². The Balaban J connectivity index is 2.35. The zero-order chi connectivity index (χ0) is 7.40. The van der Waals surface area contributed by atoms with E-state index in [0.29, 0.717) is 0 Å². The standard InChI is InChI=1S/C9H19N/c1-3-9-5-7-10-6-4-8(9)2/h8-10H,3-7H2,1-2H3. The molecule has 1 fully saturated rings. The summed E-state index contributed by atoms with van der Waals surface area (Å²) in [6.07, 6.45) is 4.12. The average molecular weight is 141 g/mol. The smallest absolute Gasteiger partial charge is 0.00462 e. The SMILES string of the molecule is CCC1CCNCCC1C. The highest BCUT2D eigenvalue weighted by molar-refractivity contribution is 4.71. The number of rotatable bonds is 1. The van der Waals surface area contributed by atoms with Gasteiger partial charge in [0, 0.05) is 0 Å². The Morgan fingerprint density at radius 1 is 1.30 bits per heavy atom. The van der Waals surface area contributed by atoms with Gasteiger partial charge in [-0.2, -0.15) is 0 Å². The Kier molecular flexibility index (Phi) is 3.20. The Hall–Kier alpha value is -0.0400. The lowest BCUT2D eigenvalue weighted by Gasteiger charge is -2.18. The van der Waals surface area contributed by atoms with E-state index in [9.17, 15) is 0 Å². The molecule has 1 heteroatoms. The van der Waals surface area contributed by atoms with E-state index in [4.69, 9.17) is 0 Å². The molecular formula is C9H19N. The molecule has 0 spiro atoms. The summed E-state index contributed by atoms with van der Waals surface area (Å²) < 4.78 is 0. The van der Waals surface area contributed by atoms with Crippen molar-refractivity contribution in [1.29, 1.82) is 0 Å². The third kappa shape index (κ3) is 1.98. The second-order valence-corrected chi connectivity index (χ2v) is 3.47. The van der Waals surface area contributed by atoms with Crippen LogP contribution >= 0.6 is 0 Å². The first-order valence-corrected chi connectivity index (χ1v) is 4.55. The van der Waals surface area contributed by atoms with E-state index in [-0.39, 0.29) is 0 Å². The first-order chi connectivity index (χ1) is 4.84. The minimum absolute atomic E-state index is 0.944. The van der Waals surface area contributed by atoms with Crippen LogP contribution in [-0.4, -0.2) is 13.1 Å². The van der Waals surface area contributed by atoms with Gasteiger partial charge in [0.1, 0.15) is 0 Å². The van der Waals surface area contributed by atoms with Gasteiger partial charge < -0.3 is 5.32 Å². The highest BCUT2D eigenvalue weighted by Crippen LogP contribution is 2.23. The minimum atomic E-state index is 0.944. The fourth-order valence-electron chi connectivity index (χ4n) is 1.87. The molecular weight excluding hydrogens is 122 g/mol. The molecule has 1 heterocycles. The molecule has 60 valence electrons. The maximum absolute atomic E-state index is 3.44. The molecule has 1 N–H and O–H groups in total. The van der Waals surface area contributed by atoms with Crippen molar-refractivity contribution in [2.45, 2.75) is 33.1 Å². The van der Waals surface area contributed by atoms with E-state index in [0.717, 1.165) is 11.8 Å². The minimum Gasteiger partial charge on any atom is -0.317 e. The predicted octanol–water partition coefficient (Wildman–Crippen LogP) is 2.03.